The van der Waals surface area contributed by atoms with Gasteiger partial charge in [0.2, 0.25) is 0 Å². The van der Waals surface area contributed by atoms with Crippen molar-refractivity contribution in [3.8, 4) is 5.75 Å². The molecule has 0 heterocycles. The third-order valence-electron chi connectivity index (χ3n) is 3.46. The quantitative estimate of drug-likeness (QED) is 0.894. The Morgan fingerprint density at radius 2 is 1.90 bits per heavy atom. The summed E-state index contributed by atoms with van der Waals surface area (Å²) >= 11 is 0. The Hall–Kier alpha value is -1.94. The first-order valence-electron chi connectivity index (χ1n) is 6.83. The topological polar surface area (TPSA) is 21.3 Å². The van der Waals surface area contributed by atoms with Gasteiger partial charge in [0.05, 0.1) is 7.11 Å². The van der Waals surface area contributed by atoms with Crippen molar-refractivity contribution in [3.05, 3.63) is 64.7 Å². The summed E-state index contributed by atoms with van der Waals surface area (Å²) in [4.78, 5) is 0. The molecule has 0 saturated heterocycles. The number of aryl methyl sites for hydroxylation is 1. The molecule has 2 nitrogen and oxygen atoms in total. The third-order valence-corrected chi connectivity index (χ3v) is 3.46. The molecule has 0 radical (unpaired) electrons. The molecule has 0 spiro atoms. The molecule has 0 fully saturated rings. The molecule has 0 saturated carbocycles. The van der Waals surface area contributed by atoms with E-state index in [1.807, 2.05) is 32.0 Å². The van der Waals surface area contributed by atoms with Crippen LogP contribution in [0, 0.1) is 18.6 Å². The van der Waals surface area contributed by atoms with Gasteiger partial charge in [-0.3, -0.25) is 0 Å². The Labute approximate surface area is 123 Å². The predicted molar refractivity (Wildman–Crippen MR) is 79.3 cm³/mol. The first kappa shape index (κ1) is 15.4. The third kappa shape index (κ3) is 3.79. The molecule has 0 amide bonds. The van der Waals surface area contributed by atoms with Crippen LogP contribution < -0.4 is 10.1 Å². The second-order valence-electron chi connectivity index (χ2n) is 5.08. The molecule has 2 rings (SSSR count). The van der Waals surface area contributed by atoms with Gasteiger partial charge in [-0.2, -0.15) is 0 Å². The van der Waals surface area contributed by atoms with Gasteiger partial charge in [-0.05, 0) is 38.1 Å². The first-order chi connectivity index (χ1) is 10.0. The van der Waals surface area contributed by atoms with Gasteiger partial charge in [-0.25, -0.2) is 8.78 Å². The molecule has 0 aliphatic carbocycles. The van der Waals surface area contributed by atoms with Crippen molar-refractivity contribution in [2.75, 3.05) is 7.11 Å². The molecule has 4 heteroatoms. The number of methoxy groups -OCH3 is 1. The molecule has 0 aliphatic rings. The molecule has 0 aromatic heterocycles. The molecular formula is C17H19F2NO. The highest BCUT2D eigenvalue weighted by Gasteiger charge is 2.12. The molecule has 0 bridgehead atoms. The smallest absolute Gasteiger partial charge is 0.127 e. The minimum absolute atomic E-state index is 0.0393. The molecular weight excluding hydrogens is 272 g/mol. The molecule has 1 atom stereocenters. The van der Waals surface area contributed by atoms with E-state index in [0.717, 1.165) is 29.0 Å². The Kier molecular flexibility index (Phi) is 4.91. The summed E-state index contributed by atoms with van der Waals surface area (Å²) in [5.41, 5.74) is 2.43. The van der Waals surface area contributed by atoms with Crippen molar-refractivity contribution in [2.45, 2.75) is 26.4 Å². The van der Waals surface area contributed by atoms with Crippen molar-refractivity contribution in [2.24, 2.45) is 0 Å². The Balaban J connectivity index is 2.13. The van der Waals surface area contributed by atoms with E-state index in [2.05, 4.69) is 5.32 Å². The lowest BCUT2D eigenvalue weighted by Gasteiger charge is -2.18. The van der Waals surface area contributed by atoms with Crippen LogP contribution >= 0.6 is 0 Å². The van der Waals surface area contributed by atoms with Crippen molar-refractivity contribution >= 4 is 0 Å². The molecule has 1 N–H and O–H groups in total. The zero-order valence-corrected chi connectivity index (χ0v) is 12.4. The second kappa shape index (κ2) is 6.68. The summed E-state index contributed by atoms with van der Waals surface area (Å²) in [6.45, 7) is 4.22. The molecule has 0 aliphatic heterocycles. The fourth-order valence-corrected chi connectivity index (χ4v) is 2.24. The van der Waals surface area contributed by atoms with Gasteiger partial charge >= 0.3 is 0 Å². The van der Waals surface area contributed by atoms with Crippen molar-refractivity contribution in [1.29, 1.82) is 0 Å². The van der Waals surface area contributed by atoms with Crippen molar-refractivity contribution in [1.82, 2.24) is 5.32 Å². The highest BCUT2D eigenvalue weighted by Crippen LogP contribution is 2.26. The maximum atomic E-state index is 13.6. The van der Waals surface area contributed by atoms with Crippen LogP contribution in [0.3, 0.4) is 0 Å². The summed E-state index contributed by atoms with van der Waals surface area (Å²) in [5.74, 6) is -0.0680. The Morgan fingerprint density at radius 3 is 2.62 bits per heavy atom. The standard InChI is InChI=1S/C17H19F2NO/c1-11-4-7-17(21-3)15(8-11)12(2)20-10-13-9-14(18)5-6-16(13)19/h4-9,12,20H,10H2,1-3H3. The maximum Gasteiger partial charge on any atom is 0.127 e. The summed E-state index contributed by atoms with van der Waals surface area (Å²) in [7, 11) is 1.62. The number of hydrogen-bond donors (Lipinski definition) is 1. The Morgan fingerprint density at radius 1 is 1.14 bits per heavy atom. The van der Waals surface area contributed by atoms with Crippen LogP contribution in [-0.2, 0) is 6.54 Å². The normalized spacial score (nSPS) is 12.2. The first-order valence-corrected chi connectivity index (χ1v) is 6.83. The lowest BCUT2D eigenvalue weighted by atomic mass is 10.0. The van der Waals surface area contributed by atoms with E-state index in [1.54, 1.807) is 7.11 Å². The van der Waals surface area contributed by atoms with Crippen LogP contribution in [-0.4, -0.2) is 7.11 Å². The summed E-state index contributed by atoms with van der Waals surface area (Å²) < 4.78 is 32.1. The average Bonchev–Trinajstić information content (AvgIpc) is 2.47. The molecule has 2 aromatic carbocycles. The SMILES string of the molecule is COc1ccc(C)cc1C(C)NCc1cc(F)ccc1F. The van der Waals surface area contributed by atoms with Crippen LogP contribution in [0.1, 0.15) is 29.7 Å². The fourth-order valence-electron chi connectivity index (χ4n) is 2.24. The van der Waals surface area contributed by atoms with E-state index in [-0.39, 0.29) is 12.6 Å². The summed E-state index contributed by atoms with van der Waals surface area (Å²) in [5, 5.41) is 3.20. The van der Waals surface area contributed by atoms with Crippen molar-refractivity contribution < 1.29 is 13.5 Å². The summed E-state index contributed by atoms with van der Waals surface area (Å²) in [6.07, 6.45) is 0. The predicted octanol–water partition coefficient (Wildman–Crippen LogP) is 4.13. The Bertz CT molecular complexity index is 628. The zero-order valence-electron chi connectivity index (χ0n) is 12.4. The van der Waals surface area contributed by atoms with Gasteiger partial charge in [0, 0.05) is 23.7 Å². The van der Waals surface area contributed by atoms with Gasteiger partial charge in [0.1, 0.15) is 17.4 Å². The number of halogens is 2. The van der Waals surface area contributed by atoms with E-state index >= 15 is 0 Å². The van der Waals surface area contributed by atoms with Gasteiger partial charge in [0.25, 0.3) is 0 Å². The molecule has 1 unspecified atom stereocenters. The van der Waals surface area contributed by atoms with E-state index in [9.17, 15) is 8.78 Å². The molecule has 2 aromatic rings. The second-order valence-corrected chi connectivity index (χ2v) is 5.08. The average molecular weight is 291 g/mol. The van der Waals surface area contributed by atoms with Gasteiger partial charge in [-0.15, -0.1) is 0 Å². The highest BCUT2D eigenvalue weighted by molar-refractivity contribution is 5.39. The minimum atomic E-state index is -0.436. The van der Waals surface area contributed by atoms with Crippen molar-refractivity contribution in [3.63, 3.8) is 0 Å². The lowest BCUT2D eigenvalue weighted by Crippen LogP contribution is -2.19. The van der Waals surface area contributed by atoms with Gasteiger partial charge in [0.15, 0.2) is 0 Å². The van der Waals surface area contributed by atoms with Crippen LogP contribution in [0.5, 0.6) is 5.75 Å². The van der Waals surface area contributed by atoms with E-state index in [1.165, 1.54) is 6.07 Å². The van der Waals surface area contributed by atoms with Gasteiger partial charge < -0.3 is 10.1 Å². The van der Waals surface area contributed by atoms with Crippen LogP contribution in [0.4, 0.5) is 8.78 Å². The monoisotopic (exact) mass is 291 g/mol. The number of ether oxygens (including phenoxy) is 1. The number of nitrogens with one attached hydrogen (secondary N) is 1. The molecule has 21 heavy (non-hydrogen) atoms. The molecule has 112 valence electrons. The zero-order chi connectivity index (χ0) is 15.4. The van der Waals surface area contributed by atoms with Crippen LogP contribution in [0.2, 0.25) is 0 Å². The number of hydrogen-bond acceptors (Lipinski definition) is 2. The number of rotatable bonds is 5. The van der Waals surface area contributed by atoms with Gasteiger partial charge in [-0.1, -0.05) is 17.7 Å². The van der Waals surface area contributed by atoms with E-state index < -0.39 is 11.6 Å². The lowest BCUT2D eigenvalue weighted by molar-refractivity contribution is 0.401. The fraction of sp³-hybridized carbons (Fsp3) is 0.294. The van der Waals surface area contributed by atoms with Crippen LogP contribution in [0.25, 0.3) is 0 Å². The summed E-state index contributed by atoms with van der Waals surface area (Å²) in [6, 6.07) is 9.34. The highest BCUT2D eigenvalue weighted by atomic mass is 19.1. The largest absolute Gasteiger partial charge is 0.496 e. The maximum absolute atomic E-state index is 13.6. The minimum Gasteiger partial charge on any atom is -0.496 e. The van der Waals surface area contributed by atoms with E-state index in [4.69, 9.17) is 4.74 Å². The van der Waals surface area contributed by atoms with E-state index in [0.29, 0.717) is 5.56 Å². The number of benzene rings is 2. The van der Waals surface area contributed by atoms with Crippen LogP contribution in [0.15, 0.2) is 36.4 Å².